The van der Waals surface area contributed by atoms with Gasteiger partial charge < -0.3 is 4.74 Å². The first kappa shape index (κ1) is 16.8. The van der Waals surface area contributed by atoms with Crippen LogP contribution in [0.2, 0.25) is 5.02 Å². The van der Waals surface area contributed by atoms with Crippen LogP contribution in [0.3, 0.4) is 0 Å². The van der Waals surface area contributed by atoms with E-state index in [1.165, 1.54) is 11.3 Å². The molecule has 0 aliphatic carbocycles. The summed E-state index contributed by atoms with van der Waals surface area (Å²) >= 11 is 7.95. The number of hydrogen-bond acceptors (Lipinski definition) is 4. The highest BCUT2D eigenvalue weighted by molar-refractivity contribution is 7.21. The van der Waals surface area contributed by atoms with Crippen molar-refractivity contribution in [3.05, 3.63) is 87.4 Å². The Balaban J connectivity index is 1.65. The molecule has 1 aliphatic rings. The molecule has 0 saturated carbocycles. The lowest BCUT2D eigenvalue weighted by molar-refractivity contribution is -0.130. The summed E-state index contributed by atoms with van der Waals surface area (Å²) < 4.78 is 6.38. The molecule has 26 heavy (non-hydrogen) atoms. The number of aliphatic imine (C=N–C) groups is 1. The molecule has 5 heteroatoms. The maximum Gasteiger partial charge on any atom is 0.363 e. The highest BCUT2D eigenvalue weighted by Gasteiger charge is 2.27. The highest BCUT2D eigenvalue weighted by atomic mass is 35.5. The smallest absolute Gasteiger partial charge is 0.363 e. The van der Waals surface area contributed by atoms with E-state index in [4.69, 9.17) is 16.3 Å². The van der Waals surface area contributed by atoms with E-state index in [1.54, 1.807) is 12.2 Å². The van der Waals surface area contributed by atoms with Crippen LogP contribution >= 0.6 is 22.9 Å². The van der Waals surface area contributed by atoms with E-state index in [1.807, 2.05) is 55.5 Å². The first-order valence-corrected chi connectivity index (χ1v) is 9.24. The van der Waals surface area contributed by atoms with E-state index in [9.17, 15) is 4.79 Å². The van der Waals surface area contributed by atoms with Crippen LogP contribution in [0.15, 0.2) is 71.4 Å². The molecule has 0 spiro atoms. The molecule has 0 N–H and O–H groups in total. The second kappa shape index (κ2) is 6.90. The van der Waals surface area contributed by atoms with Gasteiger partial charge in [-0.2, -0.15) is 0 Å². The first-order valence-electron chi connectivity index (χ1n) is 8.05. The largest absolute Gasteiger partial charge is 0.401 e. The summed E-state index contributed by atoms with van der Waals surface area (Å²) in [5.41, 5.74) is 2.46. The lowest BCUT2D eigenvalue weighted by Crippen LogP contribution is -2.03. The summed E-state index contributed by atoms with van der Waals surface area (Å²) in [6, 6.07) is 15.9. The molecule has 1 aliphatic heterocycles. The zero-order chi connectivity index (χ0) is 18.1. The van der Waals surface area contributed by atoms with Gasteiger partial charge in [0.2, 0.25) is 5.90 Å². The van der Waals surface area contributed by atoms with Gasteiger partial charge in [-0.05, 0) is 30.2 Å². The van der Waals surface area contributed by atoms with Crippen molar-refractivity contribution in [2.45, 2.75) is 6.92 Å². The molecule has 4 rings (SSSR count). The Hall–Kier alpha value is -2.69. The second-order valence-corrected chi connectivity index (χ2v) is 7.30. The number of hydrogen-bond donors (Lipinski definition) is 0. The Morgan fingerprint density at radius 2 is 1.96 bits per heavy atom. The monoisotopic (exact) mass is 379 g/mol. The van der Waals surface area contributed by atoms with Gasteiger partial charge >= 0.3 is 5.97 Å². The molecular formula is C21H14ClNO2S. The van der Waals surface area contributed by atoms with Gasteiger partial charge in [0.05, 0.1) is 5.02 Å². The summed E-state index contributed by atoms with van der Waals surface area (Å²) in [5, 5.41) is 1.51. The predicted octanol–water partition coefficient (Wildman–Crippen LogP) is 5.76. The standard InChI is InChI=1S/C21H14ClNO2S/c1-13-10-11-15-17(12-13)26-19(18(15)22)20-23-16(21(24)25-20)9-5-8-14-6-3-2-4-7-14/h2-12H,1H3/b8-5+,16-9+. The molecule has 0 fully saturated rings. The van der Waals surface area contributed by atoms with Crippen molar-refractivity contribution < 1.29 is 9.53 Å². The predicted molar refractivity (Wildman–Crippen MR) is 108 cm³/mol. The number of esters is 1. The summed E-state index contributed by atoms with van der Waals surface area (Å²) in [7, 11) is 0. The van der Waals surface area contributed by atoms with Crippen molar-refractivity contribution in [2.24, 2.45) is 4.99 Å². The highest BCUT2D eigenvalue weighted by Crippen LogP contribution is 2.37. The molecule has 0 radical (unpaired) electrons. The van der Waals surface area contributed by atoms with Crippen LogP contribution in [0.25, 0.3) is 16.2 Å². The van der Waals surface area contributed by atoms with Crippen LogP contribution in [0, 0.1) is 6.92 Å². The van der Waals surface area contributed by atoms with Gasteiger partial charge in [-0.3, -0.25) is 0 Å². The second-order valence-electron chi connectivity index (χ2n) is 5.87. The third-order valence-corrected chi connectivity index (χ3v) is 5.59. The van der Waals surface area contributed by atoms with E-state index in [2.05, 4.69) is 11.1 Å². The number of thiophene rings is 1. The average molecular weight is 380 g/mol. The molecule has 0 saturated heterocycles. The number of rotatable bonds is 3. The molecule has 2 heterocycles. The molecule has 0 bridgehead atoms. The number of ether oxygens (including phenoxy) is 1. The van der Waals surface area contributed by atoms with Crippen LogP contribution in [0.4, 0.5) is 0 Å². The van der Waals surface area contributed by atoms with Crippen molar-refractivity contribution in [2.75, 3.05) is 0 Å². The minimum absolute atomic E-state index is 0.261. The SMILES string of the molecule is Cc1ccc2c(Cl)c(C3=N/C(=C/C=C/c4ccccc4)C(=O)O3)sc2c1. The van der Waals surface area contributed by atoms with Gasteiger partial charge in [-0.25, -0.2) is 9.79 Å². The summed E-state index contributed by atoms with van der Waals surface area (Å²) in [6.45, 7) is 2.03. The number of benzene rings is 2. The normalized spacial score (nSPS) is 15.8. The molecule has 1 aromatic heterocycles. The molecule has 2 aromatic carbocycles. The molecule has 0 unspecified atom stereocenters. The van der Waals surface area contributed by atoms with Gasteiger partial charge in [-0.15, -0.1) is 11.3 Å². The van der Waals surface area contributed by atoms with Crippen molar-refractivity contribution >= 4 is 51.0 Å². The van der Waals surface area contributed by atoms with Crippen molar-refractivity contribution in [1.82, 2.24) is 0 Å². The maximum atomic E-state index is 12.1. The third kappa shape index (κ3) is 3.21. The topological polar surface area (TPSA) is 38.7 Å². The van der Waals surface area contributed by atoms with Gasteiger partial charge in [0.25, 0.3) is 0 Å². The fourth-order valence-electron chi connectivity index (χ4n) is 2.64. The first-order chi connectivity index (χ1) is 12.6. The lowest BCUT2D eigenvalue weighted by atomic mass is 10.2. The van der Waals surface area contributed by atoms with Crippen LogP contribution < -0.4 is 0 Å². The van der Waals surface area contributed by atoms with E-state index >= 15 is 0 Å². The van der Waals surface area contributed by atoms with Crippen molar-refractivity contribution in [3.63, 3.8) is 0 Å². The number of nitrogens with zero attached hydrogens (tertiary/aromatic N) is 1. The molecule has 3 aromatic rings. The number of cyclic esters (lactones) is 1. The number of fused-ring (bicyclic) bond motifs is 1. The maximum absolute atomic E-state index is 12.1. The molecular weight excluding hydrogens is 366 g/mol. The Morgan fingerprint density at radius 3 is 2.77 bits per heavy atom. The van der Waals surface area contributed by atoms with E-state index in [0.29, 0.717) is 9.90 Å². The molecule has 3 nitrogen and oxygen atoms in total. The number of halogens is 1. The number of carbonyl (C=O) groups excluding carboxylic acids is 1. The molecule has 0 amide bonds. The Bertz CT molecular complexity index is 1090. The minimum Gasteiger partial charge on any atom is -0.401 e. The Labute approximate surface area is 159 Å². The van der Waals surface area contributed by atoms with Crippen LogP contribution in [0.5, 0.6) is 0 Å². The zero-order valence-electron chi connectivity index (χ0n) is 13.9. The number of carbonyl (C=O) groups is 1. The summed E-state index contributed by atoms with van der Waals surface area (Å²) in [5.74, 6) is -0.208. The van der Waals surface area contributed by atoms with Crippen molar-refractivity contribution in [3.8, 4) is 0 Å². The van der Waals surface area contributed by atoms with Gasteiger partial charge in [0.1, 0.15) is 4.88 Å². The van der Waals surface area contributed by atoms with Gasteiger partial charge in [0.15, 0.2) is 5.70 Å². The van der Waals surface area contributed by atoms with Gasteiger partial charge in [-0.1, -0.05) is 66.2 Å². The van der Waals surface area contributed by atoms with E-state index < -0.39 is 5.97 Å². The van der Waals surface area contributed by atoms with Crippen LogP contribution in [-0.2, 0) is 9.53 Å². The number of aryl methyl sites for hydroxylation is 1. The van der Waals surface area contributed by atoms with E-state index in [0.717, 1.165) is 21.2 Å². The molecule has 128 valence electrons. The lowest BCUT2D eigenvalue weighted by Gasteiger charge is -1.95. The average Bonchev–Trinajstić information content (AvgIpc) is 3.16. The summed E-state index contributed by atoms with van der Waals surface area (Å²) in [4.78, 5) is 17.1. The Kier molecular flexibility index (Phi) is 4.45. The Morgan fingerprint density at radius 1 is 1.15 bits per heavy atom. The summed E-state index contributed by atoms with van der Waals surface area (Å²) in [6.07, 6.45) is 5.34. The fourth-order valence-corrected chi connectivity index (χ4v) is 4.18. The molecule has 0 atom stereocenters. The fraction of sp³-hybridized carbons (Fsp3) is 0.0476. The van der Waals surface area contributed by atoms with Gasteiger partial charge in [0, 0.05) is 10.1 Å². The number of allylic oxidation sites excluding steroid dienone is 2. The quantitative estimate of drug-likeness (QED) is 0.428. The minimum atomic E-state index is -0.470. The van der Waals surface area contributed by atoms with E-state index in [-0.39, 0.29) is 11.6 Å². The van der Waals surface area contributed by atoms with Crippen LogP contribution in [-0.4, -0.2) is 11.9 Å². The van der Waals surface area contributed by atoms with Crippen LogP contribution in [0.1, 0.15) is 16.0 Å². The van der Waals surface area contributed by atoms with Crippen molar-refractivity contribution in [1.29, 1.82) is 0 Å². The zero-order valence-corrected chi connectivity index (χ0v) is 15.5. The third-order valence-electron chi connectivity index (χ3n) is 3.94.